The van der Waals surface area contributed by atoms with Gasteiger partial charge in [-0.05, 0) is 49.1 Å². The third-order valence-electron chi connectivity index (χ3n) is 6.11. The zero-order chi connectivity index (χ0) is 23.8. The molecule has 2 amide bonds. The Labute approximate surface area is 184 Å². The molecular weight excluding hydrogens is 419 g/mol. The molecule has 5 nitrogen and oxygen atoms in total. The summed E-state index contributed by atoms with van der Waals surface area (Å²) in [5.74, 6) is -1.02. The van der Waals surface area contributed by atoms with E-state index >= 15 is 0 Å². The van der Waals surface area contributed by atoms with Gasteiger partial charge < -0.3 is 5.32 Å². The average molecular weight is 443 g/mol. The third-order valence-corrected chi connectivity index (χ3v) is 6.11. The maximum atomic E-state index is 14.1. The Morgan fingerprint density at radius 1 is 1.19 bits per heavy atom. The van der Waals surface area contributed by atoms with Crippen LogP contribution in [0.2, 0.25) is 0 Å². The van der Waals surface area contributed by atoms with Crippen LogP contribution in [0.25, 0.3) is 0 Å². The van der Waals surface area contributed by atoms with E-state index in [0.29, 0.717) is 16.8 Å². The molecule has 1 N–H and O–H groups in total. The van der Waals surface area contributed by atoms with Gasteiger partial charge in [0.15, 0.2) is 0 Å². The monoisotopic (exact) mass is 443 g/mol. The van der Waals surface area contributed by atoms with Gasteiger partial charge in [0, 0.05) is 13.0 Å². The molecule has 2 aromatic carbocycles. The van der Waals surface area contributed by atoms with Crippen LogP contribution in [-0.2, 0) is 15.8 Å². The van der Waals surface area contributed by atoms with E-state index in [1.807, 2.05) is 13.8 Å². The van der Waals surface area contributed by atoms with Gasteiger partial charge >= 0.3 is 6.18 Å². The van der Waals surface area contributed by atoms with Gasteiger partial charge in [-0.2, -0.15) is 18.4 Å². The standard InChI is InChI=1S/C24H24F3N3O2/c1-14(2)23(11-20(31)29-13-23)22(32)30(21-15(3)6-5-7-16(21)4)19-9-17(12-28)8-18(10-19)24(25,26)27/h5-10,14H,11,13H2,1-4H3,(H,29,31)/t23-/m0/s1. The largest absolute Gasteiger partial charge is 0.416 e. The quantitative estimate of drug-likeness (QED) is 0.721. The van der Waals surface area contributed by atoms with Crippen LogP contribution in [0.1, 0.15) is 42.5 Å². The maximum absolute atomic E-state index is 14.1. The van der Waals surface area contributed by atoms with E-state index in [9.17, 15) is 28.0 Å². The predicted octanol–water partition coefficient (Wildman–Crippen LogP) is 5.02. The zero-order valence-corrected chi connectivity index (χ0v) is 18.3. The summed E-state index contributed by atoms with van der Waals surface area (Å²) in [6, 6.07) is 10.00. The number of rotatable bonds is 4. The predicted molar refractivity (Wildman–Crippen MR) is 114 cm³/mol. The molecule has 0 aromatic heterocycles. The molecule has 8 heteroatoms. The Morgan fingerprint density at radius 3 is 2.28 bits per heavy atom. The van der Waals surface area contributed by atoms with Crippen molar-refractivity contribution < 1.29 is 22.8 Å². The lowest BCUT2D eigenvalue weighted by molar-refractivity contribution is -0.137. The Hall–Kier alpha value is -3.34. The van der Waals surface area contributed by atoms with Crippen molar-refractivity contribution in [2.45, 2.75) is 40.3 Å². The Morgan fingerprint density at radius 2 is 1.81 bits per heavy atom. The van der Waals surface area contributed by atoms with Crippen molar-refractivity contribution >= 4 is 23.2 Å². The number of nitrogens with zero attached hydrogens (tertiary/aromatic N) is 2. The molecule has 0 radical (unpaired) electrons. The summed E-state index contributed by atoms with van der Waals surface area (Å²) in [6.07, 6.45) is -4.76. The molecule has 0 spiro atoms. The number of aryl methyl sites for hydroxylation is 2. The van der Waals surface area contributed by atoms with Crippen molar-refractivity contribution in [2.24, 2.45) is 11.3 Å². The van der Waals surface area contributed by atoms with Crippen molar-refractivity contribution in [3.63, 3.8) is 0 Å². The molecule has 1 atom stereocenters. The highest BCUT2D eigenvalue weighted by atomic mass is 19.4. The van der Waals surface area contributed by atoms with Crippen LogP contribution in [0.15, 0.2) is 36.4 Å². The molecule has 168 valence electrons. The summed E-state index contributed by atoms with van der Waals surface area (Å²) >= 11 is 0. The molecule has 1 aliphatic rings. The Bertz CT molecular complexity index is 1100. The highest BCUT2D eigenvalue weighted by molar-refractivity contribution is 6.08. The van der Waals surface area contributed by atoms with Gasteiger partial charge in [-0.3, -0.25) is 14.5 Å². The lowest BCUT2D eigenvalue weighted by Gasteiger charge is -2.37. The number of amides is 2. The highest BCUT2D eigenvalue weighted by Gasteiger charge is 2.50. The Kier molecular flexibility index (Phi) is 6.05. The number of alkyl halides is 3. The second kappa shape index (κ2) is 8.30. The van der Waals surface area contributed by atoms with Crippen molar-refractivity contribution in [1.29, 1.82) is 5.26 Å². The summed E-state index contributed by atoms with van der Waals surface area (Å²) < 4.78 is 40.8. The minimum absolute atomic E-state index is 0.0573. The van der Waals surface area contributed by atoms with Crippen molar-refractivity contribution in [3.8, 4) is 6.07 Å². The van der Waals surface area contributed by atoms with E-state index in [4.69, 9.17) is 0 Å². The van der Waals surface area contributed by atoms with E-state index in [-0.39, 0.29) is 36.0 Å². The minimum atomic E-state index is -4.70. The normalized spacial score (nSPS) is 18.4. The van der Waals surface area contributed by atoms with Crippen LogP contribution in [0.5, 0.6) is 0 Å². The molecule has 0 saturated carbocycles. The first-order valence-electron chi connectivity index (χ1n) is 10.2. The van der Waals surface area contributed by atoms with Gasteiger partial charge in [0.05, 0.1) is 34.0 Å². The number of halogens is 3. The third kappa shape index (κ3) is 4.07. The fourth-order valence-corrected chi connectivity index (χ4v) is 4.17. The van der Waals surface area contributed by atoms with Gasteiger partial charge in [0.25, 0.3) is 0 Å². The number of carbonyl (C=O) groups is 2. The SMILES string of the molecule is Cc1cccc(C)c1N(C(=O)[C@]1(C(C)C)CNC(=O)C1)c1cc(C#N)cc(C(F)(F)F)c1. The molecule has 2 aromatic rings. The van der Waals surface area contributed by atoms with E-state index < -0.39 is 23.1 Å². The molecule has 1 aliphatic heterocycles. The molecule has 1 saturated heterocycles. The summed E-state index contributed by atoms with van der Waals surface area (Å²) in [4.78, 5) is 27.5. The second-order valence-corrected chi connectivity index (χ2v) is 8.52. The van der Waals surface area contributed by atoms with Crippen molar-refractivity contribution in [3.05, 3.63) is 58.7 Å². The number of carbonyl (C=O) groups excluding carboxylic acids is 2. The molecule has 0 unspecified atom stereocenters. The first-order chi connectivity index (χ1) is 14.9. The highest BCUT2D eigenvalue weighted by Crippen LogP contribution is 2.43. The number of anilines is 2. The van der Waals surface area contributed by atoms with Crippen LogP contribution in [0.3, 0.4) is 0 Å². The molecule has 0 aliphatic carbocycles. The van der Waals surface area contributed by atoms with Crippen LogP contribution in [0, 0.1) is 36.5 Å². The summed E-state index contributed by atoms with van der Waals surface area (Å²) in [5.41, 5.74) is -0.602. The lowest BCUT2D eigenvalue weighted by Crippen LogP contribution is -2.47. The van der Waals surface area contributed by atoms with E-state index in [1.54, 1.807) is 38.1 Å². The van der Waals surface area contributed by atoms with E-state index in [1.165, 1.54) is 11.0 Å². The number of para-hydroxylation sites is 1. The molecule has 3 rings (SSSR count). The van der Waals surface area contributed by atoms with Gasteiger partial charge in [-0.25, -0.2) is 0 Å². The van der Waals surface area contributed by atoms with Gasteiger partial charge in [0.1, 0.15) is 0 Å². The van der Waals surface area contributed by atoms with Crippen LogP contribution >= 0.6 is 0 Å². The number of nitrogens with one attached hydrogen (secondary N) is 1. The van der Waals surface area contributed by atoms with Gasteiger partial charge in [-0.15, -0.1) is 0 Å². The van der Waals surface area contributed by atoms with Gasteiger partial charge in [0.2, 0.25) is 11.8 Å². The van der Waals surface area contributed by atoms with Crippen LogP contribution in [-0.4, -0.2) is 18.4 Å². The molecule has 0 bridgehead atoms. The first kappa shape index (κ1) is 23.3. The fourth-order valence-electron chi connectivity index (χ4n) is 4.17. The molecule has 32 heavy (non-hydrogen) atoms. The summed E-state index contributed by atoms with van der Waals surface area (Å²) in [7, 11) is 0. The molecule has 1 fully saturated rings. The molecule has 1 heterocycles. The van der Waals surface area contributed by atoms with E-state index in [0.717, 1.165) is 12.1 Å². The zero-order valence-electron chi connectivity index (χ0n) is 18.3. The number of hydrogen-bond acceptors (Lipinski definition) is 3. The summed E-state index contributed by atoms with van der Waals surface area (Å²) in [5, 5.41) is 12.1. The number of hydrogen-bond donors (Lipinski definition) is 1. The number of nitriles is 1. The van der Waals surface area contributed by atoms with E-state index in [2.05, 4.69) is 5.32 Å². The fraction of sp³-hybridized carbons (Fsp3) is 0.375. The second-order valence-electron chi connectivity index (χ2n) is 8.52. The number of benzene rings is 2. The lowest BCUT2D eigenvalue weighted by atomic mass is 9.74. The van der Waals surface area contributed by atoms with Crippen molar-refractivity contribution in [1.82, 2.24) is 5.32 Å². The smallest absolute Gasteiger partial charge is 0.355 e. The van der Waals surface area contributed by atoms with Crippen molar-refractivity contribution in [2.75, 3.05) is 11.4 Å². The topological polar surface area (TPSA) is 73.2 Å². The van der Waals surface area contributed by atoms with Gasteiger partial charge in [-0.1, -0.05) is 32.0 Å². The summed E-state index contributed by atoms with van der Waals surface area (Å²) in [6.45, 7) is 7.25. The maximum Gasteiger partial charge on any atom is 0.416 e. The van der Waals surface area contributed by atoms with Crippen LogP contribution in [0.4, 0.5) is 24.5 Å². The first-order valence-corrected chi connectivity index (χ1v) is 10.2. The van der Waals surface area contributed by atoms with Crippen LogP contribution < -0.4 is 10.2 Å². The molecular formula is C24H24F3N3O2. The minimum Gasteiger partial charge on any atom is -0.355 e. The Balaban J connectivity index is 2.32. The average Bonchev–Trinajstić information content (AvgIpc) is 3.12.